The lowest BCUT2D eigenvalue weighted by Crippen LogP contribution is -2.31. The quantitative estimate of drug-likeness (QED) is 0.373. The molecule has 30 heavy (non-hydrogen) atoms. The Morgan fingerprint density at radius 1 is 0.933 bits per heavy atom. The number of rotatable bonds is 4. The van der Waals surface area contributed by atoms with Gasteiger partial charge in [0.15, 0.2) is 5.82 Å². The van der Waals surface area contributed by atoms with E-state index in [0.717, 1.165) is 58.0 Å². The molecule has 150 valence electrons. The molecule has 0 bridgehead atoms. The maximum atomic E-state index is 6.03. The normalized spacial score (nSPS) is 13.9. The van der Waals surface area contributed by atoms with Crippen LogP contribution >= 0.6 is 34.5 Å². The fourth-order valence-electron chi connectivity index (χ4n) is 3.62. The van der Waals surface area contributed by atoms with E-state index < -0.39 is 0 Å². The van der Waals surface area contributed by atoms with Crippen molar-refractivity contribution in [1.29, 1.82) is 0 Å². The second-order valence-electron chi connectivity index (χ2n) is 7.29. The lowest BCUT2D eigenvalue weighted by Gasteiger charge is -2.28. The minimum atomic E-state index is 0.717. The standard InChI is InChI=1S/C23H18Cl2N4S/c24-18-4-2-16(3-5-18)23-27-12-17-14-29(10-9-19(17)28-23)13-15-1-6-20(26-11-15)21-7-8-22(25)30-21/h1-8,11-12H,9-10,13-14H2. The topological polar surface area (TPSA) is 41.9 Å². The maximum absolute atomic E-state index is 6.03. The van der Waals surface area contributed by atoms with Crippen molar-refractivity contribution in [3.05, 3.63) is 87.1 Å². The van der Waals surface area contributed by atoms with Crippen LogP contribution in [-0.4, -0.2) is 26.4 Å². The lowest BCUT2D eigenvalue weighted by molar-refractivity contribution is 0.242. The molecule has 3 aromatic heterocycles. The van der Waals surface area contributed by atoms with Crippen LogP contribution in [0.2, 0.25) is 9.36 Å². The van der Waals surface area contributed by atoms with E-state index in [-0.39, 0.29) is 0 Å². The first-order chi connectivity index (χ1) is 14.6. The number of nitrogens with zero attached hydrogens (tertiary/aromatic N) is 4. The predicted molar refractivity (Wildman–Crippen MR) is 123 cm³/mol. The molecule has 4 heterocycles. The molecule has 1 aliphatic heterocycles. The monoisotopic (exact) mass is 452 g/mol. The molecule has 0 atom stereocenters. The van der Waals surface area contributed by atoms with Crippen LogP contribution in [0.1, 0.15) is 16.8 Å². The summed E-state index contributed by atoms with van der Waals surface area (Å²) in [5.74, 6) is 0.757. The smallest absolute Gasteiger partial charge is 0.159 e. The van der Waals surface area contributed by atoms with Crippen molar-refractivity contribution < 1.29 is 0 Å². The van der Waals surface area contributed by atoms with E-state index in [1.807, 2.05) is 48.8 Å². The van der Waals surface area contributed by atoms with Gasteiger partial charge < -0.3 is 0 Å². The zero-order chi connectivity index (χ0) is 20.5. The highest BCUT2D eigenvalue weighted by Gasteiger charge is 2.19. The summed E-state index contributed by atoms with van der Waals surface area (Å²) in [5, 5.41) is 0.717. The number of halogens is 2. The number of fused-ring (bicyclic) bond motifs is 1. The Bertz CT molecular complexity index is 1170. The Morgan fingerprint density at radius 3 is 2.53 bits per heavy atom. The zero-order valence-electron chi connectivity index (χ0n) is 16.1. The molecule has 0 fully saturated rings. The lowest BCUT2D eigenvalue weighted by atomic mass is 10.1. The van der Waals surface area contributed by atoms with E-state index in [1.54, 1.807) is 11.3 Å². The number of aromatic nitrogens is 3. The molecule has 7 heteroatoms. The number of benzene rings is 1. The van der Waals surface area contributed by atoms with E-state index in [4.69, 9.17) is 28.2 Å². The van der Waals surface area contributed by atoms with Gasteiger partial charge in [-0.1, -0.05) is 29.3 Å². The largest absolute Gasteiger partial charge is 0.294 e. The minimum Gasteiger partial charge on any atom is -0.294 e. The molecule has 0 saturated carbocycles. The van der Waals surface area contributed by atoms with Gasteiger partial charge in [-0.3, -0.25) is 9.88 Å². The van der Waals surface area contributed by atoms with Crippen molar-refractivity contribution >= 4 is 34.5 Å². The highest BCUT2D eigenvalue weighted by Crippen LogP contribution is 2.30. The summed E-state index contributed by atoms with van der Waals surface area (Å²) in [7, 11) is 0. The summed E-state index contributed by atoms with van der Waals surface area (Å²) >= 11 is 13.6. The van der Waals surface area contributed by atoms with Crippen LogP contribution in [0, 0.1) is 0 Å². The highest BCUT2D eigenvalue weighted by molar-refractivity contribution is 7.19. The molecule has 0 aliphatic carbocycles. The minimum absolute atomic E-state index is 0.717. The Hall–Kier alpha value is -2.31. The SMILES string of the molecule is Clc1ccc(-c2ncc3c(n2)CCN(Cc2ccc(-c4ccc(Cl)s4)nc2)C3)cc1. The van der Waals surface area contributed by atoms with E-state index in [1.165, 1.54) is 11.1 Å². The summed E-state index contributed by atoms with van der Waals surface area (Å²) in [6.07, 6.45) is 4.83. The number of thiophene rings is 1. The highest BCUT2D eigenvalue weighted by atomic mass is 35.5. The molecule has 1 aliphatic rings. The third kappa shape index (κ3) is 4.25. The van der Waals surface area contributed by atoms with Crippen molar-refractivity contribution in [2.24, 2.45) is 0 Å². The molecule has 0 spiro atoms. The van der Waals surface area contributed by atoms with Crippen LogP contribution in [0.5, 0.6) is 0 Å². The molecule has 1 aromatic carbocycles. The first-order valence-corrected chi connectivity index (χ1v) is 11.2. The Kier molecular flexibility index (Phi) is 5.52. The number of hydrogen-bond acceptors (Lipinski definition) is 5. The summed E-state index contributed by atoms with van der Waals surface area (Å²) in [5.41, 5.74) is 5.47. The number of hydrogen-bond donors (Lipinski definition) is 0. The molecule has 4 nitrogen and oxygen atoms in total. The average molecular weight is 453 g/mol. The van der Waals surface area contributed by atoms with Gasteiger partial charge in [-0.15, -0.1) is 11.3 Å². The molecular formula is C23H18Cl2N4S. The molecule has 0 N–H and O–H groups in total. The van der Waals surface area contributed by atoms with Crippen LogP contribution in [0.3, 0.4) is 0 Å². The molecule has 0 unspecified atom stereocenters. The van der Waals surface area contributed by atoms with E-state index in [0.29, 0.717) is 5.02 Å². The summed E-state index contributed by atoms with van der Waals surface area (Å²) in [6, 6.07) is 15.8. The van der Waals surface area contributed by atoms with Crippen molar-refractivity contribution in [3.63, 3.8) is 0 Å². The molecule has 4 aromatic rings. The molecule has 0 saturated heterocycles. The van der Waals surface area contributed by atoms with Crippen LogP contribution in [0.25, 0.3) is 22.0 Å². The molecule has 0 amide bonds. The second-order valence-corrected chi connectivity index (χ2v) is 9.44. The van der Waals surface area contributed by atoms with Crippen LogP contribution in [0.15, 0.2) is 60.9 Å². The van der Waals surface area contributed by atoms with Crippen molar-refractivity contribution in [1.82, 2.24) is 19.9 Å². The van der Waals surface area contributed by atoms with Crippen LogP contribution in [-0.2, 0) is 19.5 Å². The van der Waals surface area contributed by atoms with Gasteiger partial charge in [0.25, 0.3) is 0 Å². The van der Waals surface area contributed by atoms with Crippen molar-refractivity contribution in [3.8, 4) is 22.0 Å². The maximum Gasteiger partial charge on any atom is 0.159 e. The summed E-state index contributed by atoms with van der Waals surface area (Å²) < 4.78 is 0.782. The number of pyridine rings is 1. The molecule has 0 radical (unpaired) electrons. The Balaban J connectivity index is 1.27. The Morgan fingerprint density at radius 2 is 1.80 bits per heavy atom. The second kappa shape index (κ2) is 8.44. The molecular weight excluding hydrogens is 435 g/mol. The fourth-order valence-corrected chi connectivity index (χ4v) is 4.77. The Labute approximate surface area is 189 Å². The van der Waals surface area contributed by atoms with Crippen molar-refractivity contribution in [2.75, 3.05) is 6.54 Å². The molecule has 5 rings (SSSR count). The van der Waals surface area contributed by atoms with Crippen molar-refractivity contribution in [2.45, 2.75) is 19.5 Å². The van der Waals surface area contributed by atoms with Gasteiger partial charge in [-0.2, -0.15) is 0 Å². The zero-order valence-corrected chi connectivity index (χ0v) is 18.4. The van der Waals surface area contributed by atoms with Gasteiger partial charge in [0.05, 0.1) is 20.6 Å². The first-order valence-electron chi connectivity index (χ1n) is 9.68. The van der Waals surface area contributed by atoms with Gasteiger partial charge in [0, 0.05) is 54.6 Å². The van der Waals surface area contributed by atoms with Gasteiger partial charge in [0.1, 0.15) is 0 Å². The average Bonchev–Trinajstić information content (AvgIpc) is 3.21. The predicted octanol–water partition coefficient (Wildman–Crippen LogP) is 6.13. The first kappa shape index (κ1) is 19.6. The van der Waals surface area contributed by atoms with E-state index >= 15 is 0 Å². The third-order valence-electron chi connectivity index (χ3n) is 5.17. The fraction of sp³-hybridized carbons (Fsp3) is 0.174. The van der Waals surface area contributed by atoms with Crippen LogP contribution < -0.4 is 0 Å². The van der Waals surface area contributed by atoms with E-state index in [2.05, 4.69) is 27.0 Å². The van der Waals surface area contributed by atoms with Crippen LogP contribution in [0.4, 0.5) is 0 Å². The van der Waals surface area contributed by atoms with Gasteiger partial charge >= 0.3 is 0 Å². The third-order valence-corrected chi connectivity index (χ3v) is 6.68. The van der Waals surface area contributed by atoms with E-state index in [9.17, 15) is 0 Å². The summed E-state index contributed by atoms with van der Waals surface area (Å²) in [6.45, 7) is 2.67. The van der Waals surface area contributed by atoms with Gasteiger partial charge in [0.2, 0.25) is 0 Å². The summed E-state index contributed by atoms with van der Waals surface area (Å²) in [4.78, 5) is 17.5. The van der Waals surface area contributed by atoms with Gasteiger partial charge in [-0.05, 0) is 48.0 Å². The van der Waals surface area contributed by atoms with Gasteiger partial charge in [-0.25, -0.2) is 9.97 Å².